The summed E-state index contributed by atoms with van der Waals surface area (Å²) in [5, 5.41) is 1.19. The van der Waals surface area contributed by atoms with Crippen molar-refractivity contribution in [2.24, 2.45) is 5.73 Å². The molecule has 1 amide bonds. The molecule has 110 valence electrons. The minimum atomic E-state index is -0.396. The summed E-state index contributed by atoms with van der Waals surface area (Å²) in [5.41, 5.74) is 13.5. The van der Waals surface area contributed by atoms with Gasteiger partial charge in [0.25, 0.3) is 5.91 Å². The number of nitrogens with zero attached hydrogens (tertiary/aromatic N) is 2. The van der Waals surface area contributed by atoms with E-state index in [2.05, 4.69) is 16.7 Å². The van der Waals surface area contributed by atoms with E-state index in [1.165, 1.54) is 34.7 Å². The van der Waals surface area contributed by atoms with Crippen molar-refractivity contribution in [2.45, 2.75) is 25.7 Å². The van der Waals surface area contributed by atoms with Gasteiger partial charge in [0.15, 0.2) is 0 Å². The maximum Gasteiger partial charge on any atom is 0.260 e. The molecular formula is C14H22N4OS. The van der Waals surface area contributed by atoms with Gasteiger partial charge >= 0.3 is 0 Å². The quantitative estimate of drug-likeness (QED) is 0.881. The molecule has 1 aromatic heterocycles. The van der Waals surface area contributed by atoms with E-state index in [0.717, 1.165) is 32.7 Å². The van der Waals surface area contributed by atoms with Gasteiger partial charge in [-0.15, -0.1) is 11.3 Å². The molecule has 2 fully saturated rings. The summed E-state index contributed by atoms with van der Waals surface area (Å²) >= 11 is 1.49. The Morgan fingerprint density at radius 1 is 1.30 bits per heavy atom. The second kappa shape index (κ2) is 5.26. The Labute approximate surface area is 123 Å². The number of hydrogen-bond acceptors (Lipinski definition) is 5. The van der Waals surface area contributed by atoms with E-state index in [4.69, 9.17) is 11.5 Å². The van der Waals surface area contributed by atoms with Gasteiger partial charge in [-0.25, -0.2) is 0 Å². The first-order valence-electron chi connectivity index (χ1n) is 7.31. The van der Waals surface area contributed by atoms with Gasteiger partial charge in [0.05, 0.1) is 10.7 Å². The van der Waals surface area contributed by atoms with Crippen molar-refractivity contribution < 1.29 is 4.79 Å². The normalized spacial score (nSPS) is 20.4. The molecule has 5 nitrogen and oxygen atoms in total. The molecule has 20 heavy (non-hydrogen) atoms. The fourth-order valence-corrected chi connectivity index (χ4v) is 4.11. The van der Waals surface area contributed by atoms with E-state index in [9.17, 15) is 4.79 Å². The number of rotatable bonds is 4. The first kappa shape index (κ1) is 13.7. The zero-order valence-corrected chi connectivity index (χ0v) is 12.7. The molecule has 0 radical (unpaired) electrons. The number of amides is 1. The Kier molecular flexibility index (Phi) is 3.60. The monoisotopic (exact) mass is 294 g/mol. The minimum absolute atomic E-state index is 0.396. The number of thiophene rings is 1. The van der Waals surface area contributed by atoms with Crippen molar-refractivity contribution in [3.05, 3.63) is 10.4 Å². The van der Waals surface area contributed by atoms with Gasteiger partial charge in [0.2, 0.25) is 0 Å². The highest BCUT2D eigenvalue weighted by Crippen LogP contribution is 2.52. The largest absolute Gasteiger partial charge is 0.397 e. The maximum absolute atomic E-state index is 11.5. The Hall–Kier alpha value is -1.27. The molecule has 1 aliphatic heterocycles. The van der Waals surface area contributed by atoms with Crippen molar-refractivity contribution >= 4 is 27.9 Å². The second-order valence-electron chi connectivity index (χ2n) is 5.62. The molecule has 6 heteroatoms. The number of carbonyl (C=O) groups excluding carboxylic acids is 1. The fraction of sp³-hybridized carbons (Fsp3) is 0.643. The number of carbonyl (C=O) groups is 1. The summed E-state index contributed by atoms with van der Waals surface area (Å²) < 4.78 is 0. The first-order chi connectivity index (χ1) is 9.61. The van der Waals surface area contributed by atoms with Gasteiger partial charge < -0.3 is 21.3 Å². The molecule has 0 unspecified atom stereocenters. The highest BCUT2D eigenvalue weighted by atomic mass is 32.1. The van der Waals surface area contributed by atoms with Crippen LogP contribution in [0.15, 0.2) is 0 Å². The molecule has 1 saturated heterocycles. The number of hydrogen-bond donors (Lipinski definition) is 2. The fourth-order valence-electron chi connectivity index (χ4n) is 2.90. The molecule has 4 N–H and O–H groups in total. The molecule has 0 aromatic carbocycles. The van der Waals surface area contributed by atoms with Crippen LogP contribution in [0, 0.1) is 0 Å². The minimum Gasteiger partial charge on any atom is -0.397 e. The van der Waals surface area contributed by atoms with Gasteiger partial charge in [-0.1, -0.05) is 6.92 Å². The summed E-state index contributed by atoms with van der Waals surface area (Å²) in [6.07, 6.45) is 2.36. The van der Waals surface area contributed by atoms with Crippen molar-refractivity contribution in [3.63, 3.8) is 0 Å². The third-order valence-electron chi connectivity index (χ3n) is 4.28. The lowest BCUT2D eigenvalue weighted by molar-refractivity contribution is 0.100. The zero-order chi connectivity index (χ0) is 14.3. The van der Waals surface area contributed by atoms with E-state index < -0.39 is 5.91 Å². The predicted octanol–water partition coefficient (Wildman–Crippen LogP) is 1.45. The lowest BCUT2D eigenvalue weighted by Crippen LogP contribution is -2.46. The molecule has 0 atom stereocenters. The zero-order valence-electron chi connectivity index (χ0n) is 11.9. The average Bonchev–Trinajstić information content (AvgIpc) is 3.22. The average molecular weight is 294 g/mol. The highest BCUT2D eigenvalue weighted by Gasteiger charge is 2.34. The van der Waals surface area contributed by atoms with E-state index in [1.54, 1.807) is 0 Å². The standard InChI is InChI=1S/C14H22N4OS/c1-2-17-5-7-18(8-6-17)14-10(9-3-4-9)11(15)12(20-14)13(16)19/h9H,2-8,15H2,1H3,(H2,16,19). The van der Waals surface area contributed by atoms with Gasteiger partial charge in [-0.05, 0) is 25.3 Å². The number of likely N-dealkylation sites (N-methyl/N-ethyl adjacent to an activating group) is 1. The molecular weight excluding hydrogens is 272 g/mol. The van der Waals surface area contributed by atoms with Gasteiger partial charge in [0.1, 0.15) is 4.88 Å². The Balaban J connectivity index is 1.89. The molecule has 1 aliphatic carbocycles. The van der Waals surface area contributed by atoms with Crippen LogP contribution < -0.4 is 16.4 Å². The summed E-state index contributed by atoms with van der Waals surface area (Å²) in [6, 6.07) is 0. The van der Waals surface area contributed by atoms with Crippen molar-refractivity contribution in [2.75, 3.05) is 43.4 Å². The van der Waals surface area contributed by atoms with Crippen LogP contribution in [-0.4, -0.2) is 43.5 Å². The Bertz CT molecular complexity index is 515. The topological polar surface area (TPSA) is 75.6 Å². The number of piperazine rings is 1. The number of primary amides is 1. The number of nitrogens with two attached hydrogens (primary N) is 2. The van der Waals surface area contributed by atoms with Gasteiger partial charge in [-0.2, -0.15) is 0 Å². The lowest BCUT2D eigenvalue weighted by atomic mass is 10.1. The van der Waals surface area contributed by atoms with Crippen LogP contribution in [0.1, 0.15) is 40.9 Å². The maximum atomic E-state index is 11.5. The Morgan fingerprint density at radius 2 is 1.95 bits per heavy atom. The van der Waals surface area contributed by atoms with Gasteiger partial charge in [0, 0.05) is 31.7 Å². The number of anilines is 2. The summed E-state index contributed by atoms with van der Waals surface area (Å²) in [6.45, 7) is 7.45. The Morgan fingerprint density at radius 3 is 2.45 bits per heavy atom. The van der Waals surface area contributed by atoms with E-state index in [0.29, 0.717) is 16.5 Å². The van der Waals surface area contributed by atoms with E-state index >= 15 is 0 Å². The third kappa shape index (κ3) is 2.38. The van der Waals surface area contributed by atoms with Crippen LogP contribution >= 0.6 is 11.3 Å². The first-order valence-corrected chi connectivity index (χ1v) is 8.12. The molecule has 0 spiro atoms. The van der Waals surface area contributed by atoms with Crippen LogP contribution in [0.2, 0.25) is 0 Å². The predicted molar refractivity (Wildman–Crippen MR) is 83.6 cm³/mol. The molecule has 2 aliphatic rings. The summed E-state index contributed by atoms with van der Waals surface area (Å²) in [5.74, 6) is 0.145. The lowest BCUT2D eigenvalue weighted by Gasteiger charge is -2.35. The smallest absolute Gasteiger partial charge is 0.260 e. The molecule has 1 aromatic rings. The SMILES string of the molecule is CCN1CCN(c2sc(C(N)=O)c(N)c2C2CC2)CC1. The number of nitrogen functional groups attached to an aromatic ring is 1. The van der Waals surface area contributed by atoms with Crippen molar-refractivity contribution in [3.8, 4) is 0 Å². The molecule has 0 bridgehead atoms. The summed E-state index contributed by atoms with van der Waals surface area (Å²) in [7, 11) is 0. The molecule has 2 heterocycles. The third-order valence-corrected chi connectivity index (χ3v) is 5.58. The van der Waals surface area contributed by atoms with Crippen molar-refractivity contribution in [1.82, 2.24) is 4.90 Å². The molecule has 3 rings (SSSR count). The van der Waals surface area contributed by atoms with Crippen molar-refractivity contribution in [1.29, 1.82) is 0 Å². The van der Waals surface area contributed by atoms with E-state index in [-0.39, 0.29) is 0 Å². The van der Waals surface area contributed by atoms with Crippen LogP contribution in [0.4, 0.5) is 10.7 Å². The second-order valence-corrected chi connectivity index (χ2v) is 6.62. The van der Waals surface area contributed by atoms with Crippen LogP contribution in [-0.2, 0) is 0 Å². The van der Waals surface area contributed by atoms with Crippen LogP contribution in [0.5, 0.6) is 0 Å². The van der Waals surface area contributed by atoms with Crippen LogP contribution in [0.3, 0.4) is 0 Å². The van der Waals surface area contributed by atoms with Gasteiger partial charge in [-0.3, -0.25) is 4.79 Å². The van der Waals surface area contributed by atoms with Crippen LogP contribution in [0.25, 0.3) is 0 Å². The molecule has 1 saturated carbocycles. The highest BCUT2D eigenvalue weighted by molar-refractivity contribution is 7.18. The van der Waals surface area contributed by atoms with E-state index in [1.807, 2.05) is 0 Å². The summed E-state index contributed by atoms with van der Waals surface area (Å²) in [4.78, 5) is 16.9.